The maximum atomic E-state index is 9.27. The number of nitrogens with zero attached hydrogens (tertiary/aromatic N) is 3. The summed E-state index contributed by atoms with van der Waals surface area (Å²) in [5.74, 6) is 2.16. The van der Waals surface area contributed by atoms with Crippen LogP contribution in [0.15, 0.2) is 5.16 Å². The van der Waals surface area contributed by atoms with Gasteiger partial charge in [0.15, 0.2) is 5.16 Å². The van der Waals surface area contributed by atoms with Crippen LogP contribution in [0.25, 0.3) is 10.2 Å². The Labute approximate surface area is 181 Å². The quantitative estimate of drug-likeness (QED) is 0.511. The maximum Gasteiger partial charge on any atom is 0.190 e. The highest BCUT2D eigenvalue weighted by Crippen LogP contribution is 2.43. The number of anilines is 1. The Balaban J connectivity index is 1.73. The summed E-state index contributed by atoms with van der Waals surface area (Å²) in [6, 6.07) is 0. The molecule has 0 bridgehead atoms. The van der Waals surface area contributed by atoms with Crippen LogP contribution in [0.2, 0.25) is 0 Å². The Morgan fingerprint density at radius 2 is 2.07 bits per heavy atom. The lowest BCUT2D eigenvalue weighted by atomic mass is 9.90. The Kier molecular flexibility index (Phi) is 6.65. The summed E-state index contributed by atoms with van der Waals surface area (Å²) in [4.78, 5) is 16.4. The molecule has 29 heavy (non-hydrogen) atoms. The standard InChI is InChI=1S/C21H32N4O2S2/c1-4-12-28-20-22-18(25-8-6-24(7-9-25)10-11-26)17-15-13-21(3,5-2)27-14-16(15)29-19(17)23-20/h26H,4-14H2,1-3H3/p+1/t21-/m0/s1. The predicted octanol–water partition coefficient (Wildman–Crippen LogP) is 2.13. The number of ether oxygens (including phenoxy) is 1. The molecule has 0 aliphatic carbocycles. The van der Waals surface area contributed by atoms with Crippen LogP contribution >= 0.6 is 23.1 Å². The molecule has 0 unspecified atom stereocenters. The lowest BCUT2D eigenvalue weighted by Crippen LogP contribution is -3.15. The van der Waals surface area contributed by atoms with Gasteiger partial charge in [-0.2, -0.15) is 0 Å². The third-order valence-corrected chi connectivity index (χ3v) is 8.37. The molecular weight excluding hydrogens is 404 g/mol. The zero-order chi connectivity index (χ0) is 20.4. The molecule has 8 heteroatoms. The van der Waals surface area contributed by atoms with Crippen molar-refractivity contribution in [1.29, 1.82) is 0 Å². The van der Waals surface area contributed by atoms with E-state index in [9.17, 15) is 5.11 Å². The lowest BCUT2D eigenvalue weighted by Gasteiger charge is -2.35. The molecule has 2 aliphatic heterocycles. The van der Waals surface area contributed by atoms with Crippen LogP contribution in [0.4, 0.5) is 5.82 Å². The monoisotopic (exact) mass is 437 g/mol. The molecule has 2 aromatic heterocycles. The van der Waals surface area contributed by atoms with E-state index < -0.39 is 0 Å². The molecule has 6 nitrogen and oxygen atoms in total. The fourth-order valence-electron chi connectivity index (χ4n) is 4.19. The summed E-state index contributed by atoms with van der Waals surface area (Å²) in [6.45, 7) is 12.5. The van der Waals surface area contributed by atoms with Crippen molar-refractivity contribution in [2.24, 2.45) is 0 Å². The van der Waals surface area contributed by atoms with Crippen LogP contribution in [0.5, 0.6) is 0 Å². The fraction of sp³-hybridized carbons (Fsp3) is 0.714. The maximum absolute atomic E-state index is 9.27. The van der Waals surface area contributed by atoms with Gasteiger partial charge in [0.25, 0.3) is 0 Å². The van der Waals surface area contributed by atoms with E-state index in [-0.39, 0.29) is 12.2 Å². The average Bonchev–Trinajstić information content (AvgIpc) is 3.10. The van der Waals surface area contributed by atoms with Crippen molar-refractivity contribution in [3.05, 3.63) is 10.4 Å². The molecule has 2 aromatic rings. The van der Waals surface area contributed by atoms with Gasteiger partial charge in [-0.15, -0.1) is 11.3 Å². The smallest absolute Gasteiger partial charge is 0.190 e. The third-order valence-electron chi connectivity index (χ3n) is 6.22. The van der Waals surface area contributed by atoms with Crippen LogP contribution in [0.1, 0.15) is 44.1 Å². The van der Waals surface area contributed by atoms with E-state index in [1.165, 1.54) is 20.7 Å². The molecule has 0 spiro atoms. The Morgan fingerprint density at radius 1 is 1.28 bits per heavy atom. The van der Waals surface area contributed by atoms with Crippen LogP contribution in [0.3, 0.4) is 0 Å². The Hall–Kier alpha value is -0.930. The van der Waals surface area contributed by atoms with Crippen LogP contribution in [-0.2, 0) is 17.8 Å². The summed E-state index contributed by atoms with van der Waals surface area (Å²) >= 11 is 3.55. The first kappa shape index (κ1) is 21.3. The van der Waals surface area contributed by atoms with E-state index in [0.717, 1.165) is 73.5 Å². The number of hydrogen-bond donors (Lipinski definition) is 2. The van der Waals surface area contributed by atoms with E-state index in [4.69, 9.17) is 14.7 Å². The number of thioether (sulfide) groups is 1. The number of hydrogen-bond acceptors (Lipinski definition) is 7. The second kappa shape index (κ2) is 9.06. The van der Waals surface area contributed by atoms with Crippen molar-refractivity contribution < 1.29 is 14.7 Å². The number of thiophene rings is 1. The fourth-order valence-corrected chi connectivity index (χ4v) is 6.04. The van der Waals surface area contributed by atoms with Gasteiger partial charge >= 0.3 is 0 Å². The molecule has 2 aliphatic rings. The summed E-state index contributed by atoms with van der Waals surface area (Å²) < 4.78 is 6.21. The molecule has 0 aromatic carbocycles. The van der Waals surface area contributed by atoms with E-state index in [1.54, 1.807) is 23.1 Å². The van der Waals surface area contributed by atoms with E-state index in [2.05, 4.69) is 25.7 Å². The van der Waals surface area contributed by atoms with E-state index in [1.807, 2.05) is 0 Å². The van der Waals surface area contributed by atoms with Gasteiger partial charge < -0.3 is 19.6 Å². The zero-order valence-electron chi connectivity index (χ0n) is 17.8. The highest BCUT2D eigenvalue weighted by atomic mass is 32.2. The average molecular weight is 438 g/mol. The molecule has 160 valence electrons. The van der Waals surface area contributed by atoms with Gasteiger partial charge in [-0.3, -0.25) is 0 Å². The first-order chi connectivity index (χ1) is 14.1. The number of aliphatic hydroxyl groups excluding tert-OH is 1. The van der Waals surface area contributed by atoms with Crippen LogP contribution in [-0.4, -0.2) is 65.8 Å². The minimum atomic E-state index is -0.0993. The number of aliphatic hydroxyl groups is 1. The molecule has 4 rings (SSSR count). The molecule has 0 amide bonds. The summed E-state index contributed by atoms with van der Waals surface area (Å²) in [5.41, 5.74) is 1.31. The first-order valence-corrected chi connectivity index (χ1v) is 12.7. The molecule has 0 radical (unpaired) electrons. The minimum absolute atomic E-state index is 0.0993. The Morgan fingerprint density at radius 3 is 2.76 bits per heavy atom. The van der Waals surface area contributed by atoms with Gasteiger partial charge in [0.05, 0.1) is 50.4 Å². The van der Waals surface area contributed by atoms with Crippen molar-refractivity contribution in [1.82, 2.24) is 9.97 Å². The van der Waals surface area contributed by atoms with E-state index in [0.29, 0.717) is 6.61 Å². The SMILES string of the molecule is CCCSc1nc(N2CC[NH+](CCO)CC2)c2c3c(sc2n1)CO[C@@](C)(CC)C3. The van der Waals surface area contributed by atoms with Crippen molar-refractivity contribution in [2.75, 3.05) is 50.0 Å². The van der Waals surface area contributed by atoms with Crippen LogP contribution < -0.4 is 9.80 Å². The topological polar surface area (TPSA) is 62.9 Å². The lowest BCUT2D eigenvalue weighted by molar-refractivity contribution is -0.900. The summed E-state index contributed by atoms with van der Waals surface area (Å²) in [5, 5.41) is 11.4. The zero-order valence-corrected chi connectivity index (χ0v) is 19.4. The molecule has 2 N–H and O–H groups in total. The van der Waals surface area contributed by atoms with Crippen LogP contribution in [0, 0.1) is 0 Å². The minimum Gasteiger partial charge on any atom is -0.391 e. The number of piperazine rings is 1. The van der Waals surface area contributed by atoms with Gasteiger partial charge in [0.2, 0.25) is 0 Å². The largest absolute Gasteiger partial charge is 0.391 e. The molecular formula is C21H33N4O2S2+. The van der Waals surface area contributed by atoms with Crippen molar-refractivity contribution in [3.8, 4) is 0 Å². The van der Waals surface area contributed by atoms with Gasteiger partial charge in [0.1, 0.15) is 17.2 Å². The second-order valence-electron chi connectivity index (χ2n) is 8.34. The Bertz CT molecular complexity index is 851. The highest BCUT2D eigenvalue weighted by Gasteiger charge is 2.34. The molecule has 0 saturated carbocycles. The van der Waals surface area contributed by atoms with Gasteiger partial charge in [-0.25, -0.2) is 9.97 Å². The normalized spacial score (nSPS) is 23.0. The number of nitrogens with one attached hydrogen (secondary N) is 1. The second-order valence-corrected chi connectivity index (χ2v) is 10.5. The molecule has 4 heterocycles. The summed E-state index contributed by atoms with van der Waals surface area (Å²) in [7, 11) is 0. The number of fused-ring (bicyclic) bond motifs is 3. The van der Waals surface area contributed by atoms with Gasteiger partial charge in [-0.1, -0.05) is 25.6 Å². The predicted molar refractivity (Wildman–Crippen MR) is 120 cm³/mol. The number of rotatable bonds is 7. The van der Waals surface area contributed by atoms with Gasteiger partial charge in [0, 0.05) is 17.1 Å². The molecule has 1 atom stereocenters. The molecule has 1 fully saturated rings. The number of quaternary nitrogens is 1. The number of aromatic nitrogens is 2. The van der Waals surface area contributed by atoms with E-state index >= 15 is 0 Å². The third kappa shape index (κ3) is 4.42. The highest BCUT2D eigenvalue weighted by molar-refractivity contribution is 7.99. The van der Waals surface area contributed by atoms with Crippen molar-refractivity contribution in [3.63, 3.8) is 0 Å². The first-order valence-electron chi connectivity index (χ1n) is 10.8. The van der Waals surface area contributed by atoms with Crippen molar-refractivity contribution in [2.45, 2.75) is 57.4 Å². The molecule has 1 saturated heterocycles. The van der Waals surface area contributed by atoms with Crippen molar-refractivity contribution >= 4 is 39.1 Å². The van der Waals surface area contributed by atoms with Gasteiger partial charge in [-0.05, 0) is 25.3 Å². The summed E-state index contributed by atoms with van der Waals surface area (Å²) in [6.07, 6.45) is 3.06.